The number of rotatable bonds is 8. The van der Waals surface area contributed by atoms with Crippen molar-refractivity contribution in [1.82, 2.24) is 0 Å². The average Bonchev–Trinajstić information content (AvgIpc) is 2.60. The highest BCUT2D eigenvalue weighted by molar-refractivity contribution is 7.92. The fourth-order valence-electron chi connectivity index (χ4n) is 2.32. The molecule has 142 valence electrons. The zero-order valence-electron chi connectivity index (χ0n) is 15.4. The van der Waals surface area contributed by atoms with Crippen LogP contribution >= 0.6 is 0 Å². The summed E-state index contributed by atoms with van der Waals surface area (Å²) in [5.41, 5.74) is 0.294. The highest BCUT2D eigenvalue weighted by Crippen LogP contribution is 2.40. The summed E-state index contributed by atoms with van der Waals surface area (Å²) >= 11 is 0. The number of nitrogens with one attached hydrogen (secondary N) is 1. The number of sulfonamides is 1. The van der Waals surface area contributed by atoms with Gasteiger partial charge >= 0.3 is 0 Å². The summed E-state index contributed by atoms with van der Waals surface area (Å²) in [4.78, 5) is 0.113. The zero-order valence-corrected chi connectivity index (χ0v) is 16.2. The molecule has 0 amide bonds. The Kier molecular flexibility index (Phi) is 6.20. The number of benzene rings is 2. The second-order valence-corrected chi connectivity index (χ2v) is 7.34. The van der Waals surface area contributed by atoms with Crippen LogP contribution in [-0.4, -0.2) is 35.9 Å². The van der Waals surface area contributed by atoms with Gasteiger partial charge in [0.2, 0.25) is 5.75 Å². The first-order valence-corrected chi connectivity index (χ1v) is 9.38. The molecular formula is C18H23NO6S. The van der Waals surface area contributed by atoms with Gasteiger partial charge in [0.25, 0.3) is 10.0 Å². The average molecular weight is 381 g/mol. The molecule has 0 heterocycles. The van der Waals surface area contributed by atoms with Crippen molar-refractivity contribution >= 4 is 15.7 Å². The monoisotopic (exact) mass is 381 g/mol. The van der Waals surface area contributed by atoms with Crippen LogP contribution in [0, 0.1) is 0 Å². The van der Waals surface area contributed by atoms with E-state index in [1.54, 1.807) is 12.1 Å². The molecule has 0 aliphatic heterocycles. The quantitative estimate of drug-likeness (QED) is 0.755. The molecule has 0 aliphatic carbocycles. The molecule has 1 N–H and O–H groups in total. The van der Waals surface area contributed by atoms with Crippen molar-refractivity contribution in [2.75, 3.05) is 26.1 Å². The molecule has 2 rings (SSSR count). The van der Waals surface area contributed by atoms with E-state index in [4.69, 9.17) is 18.9 Å². The maximum absolute atomic E-state index is 12.6. The number of hydrogen-bond acceptors (Lipinski definition) is 6. The molecule has 0 aliphatic rings. The van der Waals surface area contributed by atoms with Crippen LogP contribution in [0.2, 0.25) is 0 Å². The van der Waals surface area contributed by atoms with E-state index >= 15 is 0 Å². The first-order valence-electron chi connectivity index (χ1n) is 7.90. The number of methoxy groups -OCH3 is 3. The predicted molar refractivity (Wildman–Crippen MR) is 99.1 cm³/mol. The van der Waals surface area contributed by atoms with Crippen LogP contribution in [-0.2, 0) is 10.0 Å². The molecule has 2 aromatic carbocycles. The zero-order chi connectivity index (χ0) is 19.3. The summed E-state index contributed by atoms with van der Waals surface area (Å²) in [6, 6.07) is 9.24. The standard InChI is InChI=1S/C18H23NO6S/c1-12(2)25-14-6-8-15(9-7-14)26(20,21)19-13-10-16(22-3)18(24-5)17(11-13)23-4/h6-12,19H,1-5H3. The minimum Gasteiger partial charge on any atom is -0.493 e. The first-order chi connectivity index (χ1) is 12.3. The maximum atomic E-state index is 12.6. The van der Waals surface area contributed by atoms with E-state index in [1.807, 2.05) is 13.8 Å². The van der Waals surface area contributed by atoms with E-state index in [0.717, 1.165) is 0 Å². The van der Waals surface area contributed by atoms with Gasteiger partial charge in [-0.2, -0.15) is 0 Å². The molecule has 0 spiro atoms. The van der Waals surface area contributed by atoms with Gasteiger partial charge in [0.05, 0.1) is 38.0 Å². The van der Waals surface area contributed by atoms with Gasteiger partial charge in [0, 0.05) is 12.1 Å². The molecule has 0 aromatic heterocycles. The van der Waals surface area contributed by atoms with Gasteiger partial charge in [0.1, 0.15) is 5.75 Å². The van der Waals surface area contributed by atoms with Crippen molar-refractivity contribution in [2.45, 2.75) is 24.8 Å². The van der Waals surface area contributed by atoms with Gasteiger partial charge in [-0.3, -0.25) is 4.72 Å². The van der Waals surface area contributed by atoms with Crippen LogP contribution in [0.3, 0.4) is 0 Å². The summed E-state index contributed by atoms with van der Waals surface area (Å²) in [6.07, 6.45) is 0.00908. The highest BCUT2D eigenvalue weighted by Gasteiger charge is 2.18. The number of ether oxygens (including phenoxy) is 4. The Morgan fingerprint density at radius 2 is 1.42 bits per heavy atom. The molecule has 7 nitrogen and oxygen atoms in total. The van der Waals surface area contributed by atoms with Crippen molar-refractivity contribution in [2.24, 2.45) is 0 Å². The summed E-state index contributed by atoms with van der Waals surface area (Å²) in [5, 5.41) is 0. The summed E-state index contributed by atoms with van der Waals surface area (Å²) in [6.45, 7) is 3.80. The van der Waals surface area contributed by atoms with Gasteiger partial charge < -0.3 is 18.9 Å². The van der Waals surface area contributed by atoms with Crippen molar-refractivity contribution in [3.8, 4) is 23.0 Å². The lowest BCUT2D eigenvalue weighted by Crippen LogP contribution is -2.13. The Balaban J connectivity index is 2.31. The lowest BCUT2D eigenvalue weighted by molar-refractivity contribution is 0.242. The third-order valence-electron chi connectivity index (χ3n) is 3.42. The molecule has 0 atom stereocenters. The molecule has 0 saturated carbocycles. The molecule has 0 radical (unpaired) electrons. The Bertz CT molecular complexity index is 821. The minimum absolute atomic E-state index is 0.00908. The van der Waals surface area contributed by atoms with Gasteiger partial charge in [-0.15, -0.1) is 0 Å². The van der Waals surface area contributed by atoms with Crippen molar-refractivity contribution in [3.05, 3.63) is 36.4 Å². The fourth-order valence-corrected chi connectivity index (χ4v) is 3.36. The summed E-state index contributed by atoms with van der Waals surface area (Å²) in [5.74, 6) is 1.69. The Morgan fingerprint density at radius 1 is 0.885 bits per heavy atom. The predicted octanol–water partition coefficient (Wildman–Crippen LogP) is 3.30. The number of hydrogen-bond donors (Lipinski definition) is 1. The van der Waals surface area contributed by atoms with Crippen LogP contribution in [0.1, 0.15) is 13.8 Å². The smallest absolute Gasteiger partial charge is 0.261 e. The molecule has 0 unspecified atom stereocenters. The van der Waals surface area contributed by atoms with Crippen LogP contribution in [0.4, 0.5) is 5.69 Å². The first kappa shape index (κ1) is 19.7. The third kappa shape index (κ3) is 4.51. The summed E-state index contributed by atoms with van der Waals surface area (Å²) < 4.78 is 49.0. The lowest BCUT2D eigenvalue weighted by Gasteiger charge is -2.15. The second-order valence-electron chi connectivity index (χ2n) is 5.66. The van der Waals surface area contributed by atoms with Crippen LogP contribution in [0.5, 0.6) is 23.0 Å². The lowest BCUT2D eigenvalue weighted by atomic mass is 10.2. The molecular weight excluding hydrogens is 358 g/mol. The van der Waals surface area contributed by atoms with Crippen molar-refractivity contribution < 1.29 is 27.4 Å². The van der Waals surface area contributed by atoms with Crippen molar-refractivity contribution in [3.63, 3.8) is 0 Å². The Hall–Kier alpha value is -2.61. The van der Waals surface area contributed by atoms with E-state index in [2.05, 4.69) is 4.72 Å². The third-order valence-corrected chi connectivity index (χ3v) is 4.82. The minimum atomic E-state index is -3.79. The van der Waals surface area contributed by atoms with Gasteiger partial charge in [-0.1, -0.05) is 0 Å². The maximum Gasteiger partial charge on any atom is 0.261 e. The van der Waals surface area contributed by atoms with E-state index in [1.165, 1.54) is 45.6 Å². The fraction of sp³-hybridized carbons (Fsp3) is 0.333. The van der Waals surface area contributed by atoms with Crippen LogP contribution in [0.15, 0.2) is 41.3 Å². The summed E-state index contributed by atoms with van der Waals surface area (Å²) in [7, 11) is 0.614. The molecule has 0 fully saturated rings. The second kappa shape index (κ2) is 8.18. The van der Waals surface area contributed by atoms with E-state index in [9.17, 15) is 8.42 Å². The molecule has 0 bridgehead atoms. The molecule has 0 saturated heterocycles. The van der Waals surface area contributed by atoms with E-state index in [-0.39, 0.29) is 11.0 Å². The van der Waals surface area contributed by atoms with E-state index in [0.29, 0.717) is 28.7 Å². The van der Waals surface area contributed by atoms with Crippen LogP contribution in [0.25, 0.3) is 0 Å². The van der Waals surface area contributed by atoms with Crippen LogP contribution < -0.4 is 23.7 Å². The highest BCUT2D eigenvalue weighted by atomic mass is 32.2. The molecule has 2 aromatic rings. The van der Waals surface area contributed by atoms with Gasteiger partial charge in [-0.05, 0) is 38.1 Å². The Morgan fingerprint density at radius 3 is 1.85 bits per heavy atom. The van der Waals surface area contributed by atoms with Crippen molar-refractivity contribution in [1.29, 1.82) is 0 Å². The Labute approximate surface area is 153 Å². The largest absolute Gasteiger partial charge is 0.493 e. The normalized spacial score (nSPS) is 11.2. The molecule has 26 heavy (non-hydrogen) atoms. The number of anilines is 1. The SMILES string of the molecule is COc1cc(NS(=O)(=O)c2ccc(OC(C)C)cc2)cc(OC)c1OC. The van der Waals surface area contributed by atoms with E-state index < -0.39 is 10.0 Å². The van der Waals surface area contributed by atoms with Gasteiger partial charge in [-0.25, -0.2) is 8.42 Å². The topological polar surface area (TPSA) is 83.1 Å². The van der Waals surface area contributed by atoms with Gasteiger partial charge in [0.15, 0.2) is 11.5 Å². The molecule has 8 heteroatoms.